The Bertz CT molecular complexity index is 566. The molecule has 0 aliphatic carbocycles. The van der Waals surface area contributed by atoms with Gasteiger partial charge in [-0.2, -0.15) is 0 Å². The molecule has 3 N–H and O–H groups in total. The van der Waals surface area contributed by atoms with Crippen LogP contribution in [0.2, 0.25) is 0 Å². The zero-order valence-corrected chi connectivity index (χ0v) is 11.5. The first kappa shape index (κ1) is 14.2. The van der Waals surface area contributed by atoms with Crippen molar-refractivity contribution in [1.82, 2.24) is 15.3 Å². The number of aromatic nitrogens is 2. The summed E-state index contributed by atoms with van der Waals surface area (Å²) >= 11 is 0. The van der Waals surface area contributed by atoms with Gasteiger partial charge in [-0.25, -0.2) is 4.98 Å². The lowest BCUT2D eigenvalue weighted by Crippen LogP contribution is -2.23. The number of carbonyl (C=O) groups is 1. The molecule has 2 rings (SSSR count). The van der Waals surface area contributed by atoms with Gasteiger partial charge in [0.25, 0.3) is 5.91 Å². The van der Waals surface area contributed by atoms with E-state index in [1.165, 1.54) is 6.26 Å². The summed E-state index contributed by atoms with van der Waals surface area (Å²) in [5, 5.41) is 2.75. The number of amides is 1. The van der Waals surface area contributed by atoms with Crippen LogP contribution < -0.4 is 11.1 Å². The molecule has 0 spiro atoms. The third-order valence-corrected chi connectivity index (χ3v) is 2.93. The lowest BCUT2D eigenvalue weighted by atomic mass is 10.1. The molecule has 1 atom stereocenters. The zero-order chi connectivity index (χ0) is 14.5. The van der Waals surface area contributed by atoms with Crippen molar-refractivity contribution >= 4 is 5.91 Å². The summed E-state index contributed by atoms with van der Waals surface area (Å²) in [5.74, 6) is 0.284. The highest BCUT2D eigenvalue weighted by molar-refractivity contribution is 5.91. The molecule has 0 aromatic carbocycles. The van der Waals surface area contributed by atoms with Crippen molar-refractivity contribution in [2.24, 2.45) is 11.7 Å². The normalized spacial score (nSPS) is 12.4. The van der Waals surface area contributed by atoms with E-state index in [0.717, 1.165) is 5.56 Å². The molecular formula is C14H18N4O2. The van der Waals surface area contributed by atoms with Crippen molar-refractivity contribution in [3.05, 3.63) is 47.9 Å². The molecule has 0 radical (unpaired) electrons. The molecule has 2 heterocycles. The maximum atomic E-state index is 11.9. The van der Waals surface area contributed by atoms with Crippen molar-refractivity contribution in [3.63, 3.8) is 0 Å². The molecule has 6 nitrogen and oxygen atoms in total. The van der Waals surface area contributed by atoms with Crippen LogP contribution in [0, 0.1) is 5.92 Å². The second-order valence-corrected chi connectivity index (χ2v) is 4.88. The Morgan fingerprint density at radius 1 is 1.50 bits per heavy atom. The van der Waals surface area contributed by atoms with Crippen LogP contribution in [0.1, 0.15) is 41.8 Å². The van der Waals surface area contributed by atoms with Gasteiger partial charge in [0, 0.05) is 18.9 Å². The van der Waals surface area contributed by atoms with Crippen LogP contribution in [0.15, 0.2) is 35.2 Å². The smallest absolute Gasteiger partial charge is 0.273 e. The fraction of sp³-hybridized carbons (Fsp3) is 0.357. The Hall–Kier alpha value is -2.21. The van der Waals surface area contributed by atoms with Crippen molar-refractivity contribution in [2.75, 3.05) is 0 Å². The summed E-state index contributed by atoms with van der Waals surface area (Å²) in [5.41, 5.74) is 7.08. The number of nitrogens with two attached hydrogens (primary N) is 1. The largest absolute Gasteiger partial charge is 0.446 e. The quantitative estimate of drug-likeness (QED) is 0.864. The molecule has 0 bridgehead atoms. The third kappa shape index (κ3) is 3.42. The highest BCUT2D eigenvalue weighted by Crippen LogP contribution is 2.17. The summed E-state index contributed by atoms with van der Waals surface area (Å²) in [6, 6.07) is 3.39. The number of pyridine rings is 1. The summed E-state index contributed by atoms with van der Waals surface area (Å²) in [6.45, 7) is 4.33. The van der Waals surface area contributed by atoms with E-state index >= 15 is 0 Å². The highest BCUT2D eigenvalue weighted by atomic mass is 16.3. The molecule has 6 heteroatoms. The molecule has 1 amide bonds. The Balaban J connectivity index is 1.96. The average Bonchev–Trinajstić information content (AvgIpc) is 2.94. The fourth-order valence-electron chi connectivity index (χ4n) is 1.61. The predicted molar refractivity (Wildman–Crippen MR) is 73.7 cm³/mol. The second-order valence-electron chi connectivity index (χ2n) is 4.88. The van der Waals surface area contributed by atoms with E-state index in [-0.39, 0.29) is 23.6 Å². The lowest BCUT2D eigenvalue weighted by Gasteiger charge is -2.10. The van der Waals surface area contributed by atoms with E-state index in [0.29, 0.717) is 12.4 Å². The first-order valence-electron chi connectivity index (χ1n) is 6.46. The lowest BCUT2D eigenvalue weighted by molar-refractivity contribution is 0.0946. The van der Waals surface area contributed by atoms with Crippen LogP contribution in [-0.4, -0.2) is 15.9 Å². The van der Waals surface area contributed by atoms with Crippen molar-refractivity contribution in [2.45, 2.75) is 26.4 Å². The minimum atomic E-state index is -0.310. The molecular weight excluding hydrogens is 256 g/mol. The maximum Gasteiger partial charge on any atom is 0.273 e. The minimum absolute atomic E-state index is 0.194. The van der Waals surface area contributed by atoms with E-state index in [9.17, 15) is 4.79 Å². The number of carbonyl (C=O) groups excluding carboxylic acids is 1. The van der Waals surface area contributed by atoms with E-state index < -0.39 is 0 Å². The molecule has 0 saturated heterocycles. The maximum absolute atomic E-state index is 11.9. The standard InChI is InChI=1S/C14H18N4O2/c1-9(2)12(15)14-18-11(8-20-14)13(19)17-7-10-4-3-5-16-6-10/h3-6,8-9,12H,7,15H2,1-2H3,(H,17,19). The van der Waals surface area contributed by atoms with Gasteiger partial charge in [-0.3, -0.25) is 9.78 Å². The van der Waals surface area contributed by atoms with Gasteiger partial charge in [0.2, 0.25) is 5.89 Å². The predicted octanol–water partition coefficient (Wildman–Crippen LogP) is 1.66. The van der Waals surface area contributed by atoms with E-state index in [1.54, 1.807) is 12.4 Å². The first-order valence-corrected chi connectivity index (χ1v) is 6.46. The number of nitrogens with zero attached hydrogens (tertiary/aromatic N) is 2. The van der Waals surface area contributed by atoms with Crippen molar-refractivity contribution in [1.29, 1.82) is 0 Å². The van der Waals surface area contributed by atoms with Crippen LogP contribution in [0.4, 0.5) is 0 Å². The molecule has 0 aliphatic heterocycles. The fourth-order valence-corrected chi connectivity index (χ4v) is 1.61. The number of rotatable bonds is 5. The number of hydrogen-bond donors (Lipinski definition) is 2. The Morgan fingerprint density at radius 2 is 2.30 bits per heavy atom. The van der Waals surface area contributed by atoms with Gasteiger partial charge >= 0.3 is 0 Å². The molecule has 20 heavy (non-hydrogen) atoms. The van der Waals surface area contributed by atoms with Gasteiger partial charge in [-0.1, -0.05) is 19.9 Å². The Morgan fingerprint density at radius 3 is 2.95 bits per heavy atom. The van der Waals surface area contributed by atoms with Crippen LogP contribution >= 0.6 is 0 Å². The molecule has 2 aromatic heterocycles. The van der Waals surface area contributed by atoms with Crippen LogP contribution in [0.3, 0.4) is 0 Å². The SMILES string of the molecule is CC(C)C(N)c1nc(C(=O)NCc2cccnc2)co1. The van der Waals surface area contributed by atoms with Gasteiger partial charge in [-0.15, -0.1) is 0 Å². The van der Waals surface area contributed by atoms with Gasteiger partial charge < -0.3 is 15.5 Å². The van der Waals surface area contributed by atoms with Crippen molar-refractivity contribution in [3.8, 4) is 0 Å². The van der Waals surface area contributed by atoms with Crippen LogP contribution in [0.25, 0.3) is 0 Å². The Kier molecular flexibility index (Phi) is 4.47. The number of hydrogen-bond acceptors (Lipinski definition) is 5. The van der Waals surface area contributed by atoms with Crippen LogP contribution in [-0.2, 0) is 6.54 Å². The van der Waals surface area contributed by atoms with Crippen molar-refractivity contribution < 1.29 is 9.21 Å². The average molecular weight is 274 g/mol. The van der Waals surface area contributed by atoms with Gasteiger partial charge in [0.1, 0.15) is 6.26 Å². The molecule has 1 unspecified atom stereocenters. The van der Waals surface area contributed by atoms with E-state index in [4.69, 9.17) is 10.2 Å². The summed E-state index contributed by atoms with van der Waals surface area (Å²) in [7, 11) is 0. The van der Waals surface area contributed by atoms with Gasteiger partial charge in [0.05, 0.1) is 6.04 Å². The number of oxazole rings is 1. The summed E-state index contributed by atoms with van der Waals surface area (Å²) in [4.78, 5) is 20.0. The summed E-state index contributed by atoms with van der Waals surface area (Å²) in [6.07, 6.45) is 4.71. The monoisotopic (exact) mass is 274 g/mol. The van der Waals surface area contributed by atoms with Gasteiger partial charge in [-0.05, 0) is 17.5 Å². The van der Waals surface area contributed by atoms with E-state index in [2.05, 4.69) is 15.3 Å². The van der Waals surface area contributed by atoms with E-state index in [1.807, 2.05) is 26.0 Å². The molecule has 106 valence electrons. The summed E-state index contributed by atoms with van der Waals surface area (Å²) < 4.78 is 5.25. The third-order valence-electron chi connectivity index (χ3n) is 2.93. The molecule has 2 aromatic rings. The minimum Gasteiger partial charge on any atom is -0.446 e. The van der Waals surface area contributed by atoms with Crippen LogP contribution in [0.5, 0.6) is 0 Å². The molecule has 0 saturated carbocycles. The molecule has 0 aliphatic rings. The zero-order valence-electron chi connectivity index (χ0n) is 11.5. The first-order chi connectivity index (χ1) is 9.58. The Labute approximate surface area is 117 Å². The van der Waals surface area contributed by atoms with Gasteiger partial charge in [0.15, 0.2) is 5.69 Å². The second kappa shape index (κ2) is 6.29. The topological polar surface area (TPSA) is 94.0 Å². The molecule has 0 fully saturated rings. The number of nitrogens with one attached hydrogen (secondary N) is 1. The highest BCUT2D eigenvalue weighted by Gasteiger charge is 2.19.